The van der Waals surface area contributed by atoms with E-state index in [2.05, 4.69) is 0 Å². The standard InChI is InChI=1S/C24H15F5O3S2/c25-19-20(26)22(28)24(23(29)21(19)27)34(30,31)32-33(16-10-4-1-5-11-16,17-12-6-2-7-13-17)18-14-8-3-9-15-18/h1-15H. The molecular weight excluding hydrogens is 495 g/mol. The van der Waals surface area contributed by atoms with E-state index in [9.17, 15) is 30.4 Å². The number of hydrogen-bond acceptors (Lipinski definition) is 3. The molecule has 0 spiro atoms. The largest absolute Gasteiger partial charge is 0.313 e. The molecule has 0 bridgehead atoms. The molecule has 0 N–H and O–H groups in total. The van der Waals surface area contributed by atoms with Crippen molar-refractivity contribution < 1.29 is 34.0 Å². The molecule has 10 heteroatoms. The molecular formula is C24H15F5O3S2. The summed E-state index contributed by atoms with van der Waals surface area (Å²) < 4.78 is 102. The molecule has 0 fully saturated rings. The van der Waals surface area contributed by atoms with Gasteiger partial charge >= 0.3 is 10.1 Å². The Kier molecular flexibility index (Phi) is 6.48. The van der Waals surface area contributed by atoms with Crippen LogP contribution in [0, 0.1) is 29.1 Å². The second-order valence-corrected chi connectivity index (χ2v) is 11.3. The number of benzene rings is 4. The summed E-state index contributed by atoms with van der Waals surface area (Å²) in [5.74, 6) is -12.2. The van der Waals surface area contributed by atoms with Gasteiger partial charge in [0.2, 0.25) is 5.82 Å². The van der Waals surface area contributed by atoms with Crippen molar-refractivity contribution in [3.8, 4) is 0 Å². The number of rotatable bonds is 6. The Morgan fingerprint density at radius 2 is 0.765 bits per heavy atom. The first-order valence-corrected chi connectivity index (χ1v) is 12.6. The zero-order valence-electron chi connectivity index (χ0n) is 17.1. The first-order valence-electron chi connectivity index (χ1n) is 9.66. The zero-order valence-corrected chi connectivity index (χ0v) is 18.7. The minimum absolute atomic E-state index is 0.319. The summed E-state index contributed by atoms with van der Waals surface area (Å²) in [5, 5.41) is 0. The van der Waals surface area contributed by atoms with Crippen molar-refractivity contribution >= 4 is 20.4 Å². The molecule has 0 aromatic heterocycles. The van der Waals surface area contributed by atoms with Gasteiger partial charge in [0.25, 0.3) is 0 Å². The van der Waals surface area contributed by atoms with Gasteiger partial charge in [-0.2, -0.15) is 8.42 Å². The van der Waals surface area contributed by atoms with Gasteiger partial charge in [-0.25, -0.2) is 25.6 Å². The minimum Gasteiger partial charge on any atom is -0.203 e. The van der Waals surface area contributed by atoms with Crippen molar-refractivity contribution in [2.45, 2.75) is 19.6 Å². The normalized spacial score (nSPS) is 12.5. The molecule has 0 heterocycles. The highest BCUT2D eigenvalue weighted by atomic mass is 32.3. The summed E-state index contributed by atoms with van der Waals surface area (Å²) in [5.41, 5.74) is 0. The van der Waals surface area contributed by atoms with Crippen molar-refractivity contribution in [1.29, 1.82) is 0 Å². The van der Waals surface area contributed by atoms with E-state index in [1.807, 2.05) is 0 Å². The Labute approximate surface area is 194 Å². The summed E-state index contributed by atoms with van der Waals surface area (Å²) in [6.07, 6.45) is 0. The molecule has 0 saturated heterocycles. The maximum Gasteiger partial charge on any atom is 0.313 e. The average Bonchev–Trinajstić information content (AvgIpc) is 2.86. The predicted octanol–water partition coefficient (Wildman–Crippen LogP) is 6.98. The van der Waals surface area contributed by atoms with Gasteiger partial charge in [0.1, 0.15) is 0 Å². The molecule has 0 amide bonds. The second kappa shape index (κ2) is 9.21. The lowest BCUT2D eigenvalue weighted by Gasteiger charge is -2.39. The van der Waals surface area contributed by atoms with Crippen LogP contribution in [0.25, 0.3) is 0 Å². The van der Waals surface area contributed by atoms with Gasteiger partial charge in [-0.05, 0) is 46.7 Å². The Hall–Kier alpha value is -3.21. The summed E-state index contributed by atoms with van der Waals surface area (Å²) in [6, 6.07) is 24.0. The average molecular weight is 511 g/mol. The molecule has 0 aliphatic carbocycles. The Morgan fingerprint density at radius 1 is 0.471 bits per heavy atom. The van der Waals surface area contributed by atoms with E-state index >= 15 is 0 Å². The monoisotopic (exact) mass is 510 g/mol. The summed E-state index contributed by atoms with van der Waals surface area (Å²) in [6.45, 7) is 0. The van der Waals surface area contributed by atoms with Crippen LogP contribution in [0.4, 0.5) is 22.0 Å². The fourth-order valence-electron chi connectivity index (χ4n) is 3.34. The van der Waals surface area contributed by atoms with Crippen LogP contribution in [0.3, 0.4) is 0 Å². The van der Waals surface area contributed by atoms with Crippen LogP contribution in [0.5, 0.6) is 0 Å². The first kappa shape index (κ1) is 23.9. The summed E-state index contributed by atoms with van der Waals surface area (Å²) in [7, 11) is -8.81. The van der Waals surface area contributed by atoms with Crippen LogP contribution >= 0.6 is 10.3 Å². The van der Waals surface area contributed by atoms with E-state index in [0.29, 0.717) is 14.7 Å². The molecule has 0 saturated carbocycles. The highest BCUT2D eigenvalue weighted by Crippen LogP contribution is 2.70. The fraction of sp³-hybridized carbons (Fsp3) is 0. The molecule has 4 aromatic rings. The van der Waals surface area contributed by atoms with Crippen molar-refractivity contribution in [3.63, 3.8) is 0 Å². The van der Waals surface area contributed by atoms with Crippen LogP contribution in [0.1, 0.15) is 0 Å². The van der Waals surface area contributed by atoms with Gasteiger partial charge in [-0.1, -0.05) is 54.6 Å². The van der Waals surface area contributed by atoms with Crippen LogP contribution < -0.4 is 0 Å². The molecule has 4 rings (SSSR count). The maximum atomic E-state index is 14.5. The topological polar surface area (TPSA) is 43.4 Å². The van der Waals surface area contributed by atoms with Crippen molar-refractivity contribution in [2.75, 3.05) is 0 Å². The van der Waals surface area contributed by atoms with Gasteiger partial charge in [0.05, 0.1) is 0 Å². The molecule has 0 aliphatic heterocycles. The smallest absolute Gasteiger partial charge is 0.203 e. The van der Waals surface area contributed by atoms with Crippen LogP contribution in [0.2, 0.25) is 0 Å². The Balaban J connectivity index is 2.06. The van der Waals surface area contributed by atoms with Crippen molar-refractivity contribution in [1.82, 2.24) is 0 Å². The molecule has 34 heavy (non-hydrogen) atoms. The van der Waals surface area contributed by atoms with Gasteiger partial charge in [-0.3, -0.25) is 0 Å². The number of hydrogen-bond donors (Lipinski definition) is 0. The molecule has 176 valence electrons. The molecule has 3 nitrogen and oxygen atoms in total. The highest BCUT2D eigenvalue weighted by Gasteiger charge is 2.42. The predicted molar refractivity (Wildman–Crippen MR) is 116 cm³/mol. The maximum absolute atomic E-state index is 14.5. The van der Waals surface area contributed by atoms with Gasteiger partial charge < -0.3 is 0 Å². The van der Waals surface area contributed by atoms with E-state index in [4.69, 9.17) is 3.63 Å². The van der Waals surface area contributed by atoms with E-state index in [-0.39, 0.29) is 0 Å². The van der Waals surface area contributed by atoms with Crippen molar-refractivity contribution in [2.24, 2.45) is 0 Å². The SMILES string of the molecule is O=S(=O)(OS(c1ccccc1)(c1ccccc1)c1ccccc1)c1c(F)c(F)c(F)c(F)c1F. The van der Waals surface area contributed by atoms with E-state index in [0.717, 1.165) is 0 Å². The van der Waals surface area contributed by atoms with Gasteiger partial charge in [0, 0.05) is 14.7 Å². The molecule has 0 radical (unpaired) electrons. The summed E-state index contributed by atoms with van der Waals surface area (Å²) in [4.78, 5) is -1.09. The lowest BCUT2D eigenvalue weighted by atomic mass is 10.3. The fourth-order valence-corrected chi connectivity index (χ4v) is 8.68. The lowest BCUT2D eigenvalue weighted by Crippen LogP contribution is -2.19. The van der Waals surface area contributed by atoms with Crippen LogP contribution in [0.15, 0.2) is 111 Å². The Bertz CT molecular complexity index is 1310. The molecule has 0 atom stereocenters. The Morgan fingerprint density at radius 3 is 1.09 bits per heavy atom. The first-order chi connectivity index (χ1) is 16.2. The highest BCUT2D eigenvalue weighted by molar-refractivity contribution is 8.33. The van der Waals surface area contributed by atoms with E-state index in [1.54, 1.807) is 91.0 Å². The third kappa shape index (κ3) is 3.97. The molecule has 0 aliphatic rings. The summed E-state index contributed by atoms with van der Waals surface area (Å²) >= 11 is 0. The van der Waals surface area contributed by atoms with Gasteiger partial charge in [0.15, 0.2) is 28.2 Å². The van der Waals surface area contributed by atoms with Gasteiger partial charge in [-0.15, -0.1) is 0 Å². The molecule has 4 aromatic carbocycles. The quantitative estimate of drug-likeness (QED) is 0.160. The zero-order chi connectivity index (χ0) is 24.5. The second-order valence-electron chi connectivity index (χ2n) is 6.92. The lowest BCUT2D eigenvalue weighted by molar-refractivity contribution is 0.354. The van der Waals surface area contributed by atoms with E-state index < -0.39 is 54.4 Å². The minimum atomic E-state index is -5.55. The van der Waals surface area contributed by atoms with E-state index in [1.165, 1.54) is 0 Å². The number of halogens is 5. The third-order valence-corrected chi connectivity index (χ3v) is 10.0. The van der Waals surface area contributed by atoms with Crippen molar-refractivity contribution in [3.05, 3.63) is 120 Å². The third-order valence-electron chi connectivity index (χ3n) is 4.84. The molecule has 0 unspecified atom stereocenters. The van der Waals surface area contributed by atoms with Crippen LogP contribution in [-0.4, -0.2) is 8.42 Å². The van der Waals surface area contributed by atoms with Crippen LogP contribution in [-0.2, 0) is 13.7 Å².